The van der Waals surface area contributed by atoms with Gasteiger partial charge in [-0.1, -0.05) is 24.6 Å². The summed E-state index contributed by atoms with van der Waals surface area (Å²) in [6, 6.07) is 0. The number of fused-ring (bicyclic) bond motifs is 5. The lowest BCUT2D eigenvalue weighted by atomic mass is 9.47. The first-order valence-corrected chi connectivity index (χ1v) is 13.4. The van der Waals surface area contributed by atoms with E-state index in [4.69, 9.17) is 0 Å². The smallest absolute Gasteiger partial charge is 0.261 e. The van der Waals surface area contributed by atoms with Gasteiger partial charge >= 0.3 is 0 Å². The average Bonchev–Trinajstić information content (AvgIpc) is 3.34. The Bertz CT molecular complexity index is 1040. The first-order chi connectivity index (χ1) is 16.5. The van der Waals surface area contributed by atoms with Crippen LogP contribution in [0, 0.1) is 28.6 Å². The number of aliphatic hydroxyl groups is 1. The van der Waals surface area contributed by atoms with Crippen molar-refractivity contribution in [3.05, 3.63) is 23.5 Å². The van der Waals surface area contributed by atoms with Crippen molar-refractivity contribution < 1.29 is 14.4 Å². The maximum Gasteiger partial charge on any atom is 0.261 e. The Kier molecular flexibility index (Phi) is 6.19. The predicted molar refractivity (Wildman–Crippen MR) is 135 cm³/mol. The van der Waals surface area contributed by atoms with E-state index in [9.17, 15) is 9.90 Å². The largest absolute Gasteiger partial charge is 0.393 e. The van der Waals surface area contributed by atoms with E-state index >= 15 is 0 Å². The molecule has 2 N–H and O–H groups in total. The zero-order chi connectivity index (χ0) is 25.0. The van der Waals surface area contributed by atoms with E-state index in [2.05, 4.69) is 61.9 Å². The fraction of sp³-hybridized carbons (Fsp3) is 0.778. The summed E-state index contributed by atoms with van der Waals surface area (Å²) in [5.74, 6) is 1.93. The fourth-order valence-corrected chi connectivity index (χ4v) is 7.92. The standard InChI is InChI=1S/C27H42N6O2/c1-26-12-10-19(28-30-25(35)16-32-15-20(29-31-32)17-33(3,4)5)14-18(26)6-7-21-22-8-9-24(34)27(22,2)13-11-23(21)26/h14-15,21-24,34H,6-13,16-17H2,1-5H3/p+1/b28-19-/t21-,22?,23?,24+,26-,27-/m0/s1. The Hall–Kier alpha value is -2.06. The van der Waals surface area contributed by atoms with Crippen LogP contribution < -0.4 is 5.43 Å². The van der Waals surface area contributed by atoms with Crippen molar-refractivity contribution in [2.24, 2.45) is 33.7 Å². The van der Waals surface area contributed by atoms with E-state index in [1.54, 1.807) is 4.68 Å². The quantitative estimate of drug-likeness (QED) is 0.497. The number of aromatic nitrogens is 3. The minimum absolute atomic E-state index is 0.116. The molecule has 1 aromatic heterocycles. The SMILES string of the molecule is C[C@]12CC/C(=N/NC(=O)Cn3cc(C[N+](C)(C)C)nn3)C=C1CC[C@@H]1C2CC[C@@]2(C)C1CC[C@H]2O. The van der Waals surface area contributed by atoms with Gasteiger partial charge in [-0.05, 0) is 86.0 Å². The van der Waals surface area contributed by atoms with Crippen LogP contribution in [-0.2, 0) is 17.9 Å². The number of hydrazone groups is 1. The number of carbonyl (C=O) groups excluding carboxylic acids is 1. The van der Waals surface area contributed by atoms with Crippen molar-refractivity contribution in [3.63, 3.8) is 0 Å². The first-order valence-electron chi connectivity index (χ1n) is 13.4. The Labute approximate surface area is 209 Å². The summed E-state index contributed by atoms with van der Waals surface area (Å²) in [6.07, 6.45) is 12.9. The van der Waals surface area contributed by atoms with Crippen molar-refractivity contribution in [1.82, 2.24) is 20.4 Å². The van der Waals surface area contributed by atoms with Crippen LogP contribution in [0.1, 0.15) is 70.9 Å². The molecule has 0 spiro atoms. The number of aliphatic hydroxyl groups excluding tert-OH is 1. The zero-order valence-electron chi connectivity index (χ0n) is 22.1. The first kappa shape index (κ1) is 24.6. The third-order valence-corrected chi connectivity index (χ3v) is 9.78. The van der Waals surface area contributed by atoms with Gasteiger partial charge in [-0.2, -0.15) is 5.10 Å². The van der Waals surface area contributed by atoms with Gasteiger partial charge in [-0.15, -0.1) is 5.10 Å². The molecule has 0 radical (unpaired) electrons. The van der Waals surface area contributed by atoms with Gasteiger partial charge in [0, 0.05) is 0 Å². The lowest BCUT2D eigenvalue weighted by Crippen LogP contribution is -2.51. The van der Waals surface area contributed by atoms with E-state index in [1.165, 1.54) is 24.8 Å². The Morgan fingerprint density at radius 2 is 1.97 bits per heavy atom. The van der Waals surface area contributed by atoms with Gasteiger partial charge in [0.25, 0.3) is 5.91 Å². The molecule has 3 fully saturated rings. The number of carbonyl (C=O) groups is 1. The van der Waals surface area contributed by atoms with Crippen molar-refractivity contribution in [2.45, 2.75) is 84.4 Å². The number of allylic oxidation sites excluding steroid dienone is 2. The summed E-state index contributed by atoms with van der Waals surface area (Å²) < 4.78 is 2.34. The van der Waals surface area contributed by atoms with Crippen molar-refractivity contribution in [1.29, 1.82) is 0 Å². The molecule has 4 aliphatic carbocycles. The van der Waals surface area contributed by atoms with Crippen LogP contribution in [0.15, 0.2) is 22.9 Å². The number of rotatable bonds is 5. The lowest BCUT2D eigenvalue weighted by Gasteiger charge is -2.57. The summed E-state index contributed by atoms with van der Waals surface area (Å²) in [4.78, 5) is 12.5. The molecule has 0 bridgehead atoms. The second-order valence-corrected chi connectivity index (χ2v) is 13.1. The van der Waals surface area contributed by atoms with Gasteiger partial charge in [0.2, 0.25) is 0 Å². The molecule has 8 nitrogen and oxygen atoms in total. The fourth-order valence-electron chi connectivity index (χ4n) is 7.92. The Morgan fingerprint density at radius 1 is 1.17 bits per heavy atom. The van der Waals surface area contributed by atoms with Crippen LogP contribution in [-0.4, -0.2) is 63.4 Å². The number of hydrogen-bond acceptors (Lipinski definition) is 5. The van der Waals surface area contributed by atoms with Crippen LogP contribution in [0.25, 0.3) is 0 Å². The molecule has 3 saturated carbocycles. The maximum absolute atomic E-state index is 12.5. The van der Waals surface area contributed by atoms with Crippen LogP contribution in [0.5, 0.6) is 0 Å². The molecule has 0 aromatic carbocycles. The number of nitrogens with one attached hydrogen (secondary N) is 1. The Morgan fingerprint density at radius 3 is 2.74 bits per heavy atom. The highest BCUT2D eigenvalue weighted by Crippen LogP contribution is 2.65. The molecule has 4 aliphatic rings. The molecular formula is C27H43N6O2+. The summed E-state index contributed by atoms with van der Waals surface area (Å²) in [5.41, 5.74) is 6.46. The van der Waals surface area contributed by atoms with Gasteiger partial charge in [0.1, 0.15) is 18.8 Å². The van der Waals surface area contributed by atoms with Crippen LogP contribution >= 0.6 is 0 Å². The van der Waals surface area contributed by atoms with E-state index in [0.717, 1.165) is 60.5 Å². The lowest BCUT2D eigenvalue weighted by molar-refractivity contribution is -0.884. The van der Waals surface area contributed by atoms with E-state index in [-0.39, 0.29) is 29.4 Å². The van der Waals surface area contributed by atoms with Gasteiger partial charge in [0.15, 0.2) is 0 Å². The molecule has 192 valence electrons. The molecule has 35 heavy (non-hydrogen) atoms. The van der Waals surface area contributed by atoms with Crippen LogP contribution in [0.4, 0.5) is 0 Å². The molecule has 1 heterocycles. The topological polar surface area (TPSA) is 92.4 Å². The second-order valence-electron chi connectivity index (χ2n) is 13.1. The van der Waals surface area contributed by atoms with Crippen molar-refractivity contribution in [2.75, 3.05) is 21.1 Å². The highest BCUT2D eigenvalue weighted by atomic mass is 16.3. The van der Waals surface area contributed by atoms with Crippen molar-refractivity contribution in [3.8, 4) is 0 Å². The van der Waals surface area contributed by atoms with E-state index < -0.39 is 0 Å². The molecule has 8 heteroatoms. The Balaban J connectivity index is 1.22. The highest BCUT2D eigenvalue weighted by molar-refractivity contribution is 5.97. The third kappa shape index (κ3) is 4.59. The second kappa shape index (κ2) is 8.80. The molecule has 0 aliphatic heterocycles. The monoisotopic (exact) mass is 483 g/mol. The molecule has 6 atom stereocenters. The maximum atomic E-state index is 12.5. The van der Waals surface area contributed by atoms with Gasteiger partial charge < -0.3 is 9.59 Å². The number of amides is 1. The van der Waals surface area contributed by atoms with Gasteiger partial charge in [-0.25, -0.2) is 10.1 Å². The molecular weight excluding hydrogens is 440 g/mol. The normalized spacial score (nSPS) is 37.9. The minimum Gasteiger partial charge on any atom is -0.393 e. The van der Waals surface area contributed by atoms with Gasteiger partial charge in [0.05, 0.1) is 39.2 Å². The molecule has 5 rings (SSSR count). The summed E-state index contributed by atoms with van der Waals surface area (Å²) in [5, 5.41) is 23.4. The van der Waals surface area contributed by atoms with Crippen molar-refractivity contribution >= 4 is 11.6 Å². The molecule has 1 aromatic rings. The molecule has 1 amide bonds. The van der Waals surface area contributed by atoms with E-state index in [0.29, 0.717) is 11.8 Å². The van der Waals surface area contributed by atoms with E-state index in [1.807, 2.05) is 6.20 Å². The highest BCUT2D eigenvalue weighted by Gasteiger charge is 2.58. The van der Waals surface area contributed by atoms with Crippen LogP contribution in [0.3, 0.4) is 0 Å². The zero-order valence-corrected chi connectivity index (χ0v) is 22.1. The number of quaternary nitrogens is 1. The van der Waals surface area contributed by atoms with Gasteiger partial charge in [-0.3, -0.25) is 4.79 Å². The summed E-state index contributed by atoms with van der Waals surface area (Å²) in [7, 11) is 6.30. The number of hydrogen-bond donors (Lipinski definition) is 2. The third-order valence-electron chi connectivity index (χ3n) is 9.78. The summed E-state index contributed by atoms with van der Waals surface area (Å²) >= 11 is 0. The molecule has 2 unspecified atom stereocenters. The predicted octanol–water partition coefficient (Wildman–Crippen LogP) is 3.28. The number of nitrogens with zero attached hydrogens (tertiary/aromatic N) is 5. The average molecular weight is 484 g/mol. The summed E-state index contributed by atoms with van der Waals surface area (Å²) in [6.45, 7) is 5.69. The minimum atomic E-state index is -0.180. The molecule has 0 saturated heterocycles. The van der Waals surface area contributed by atoms with Crippen LogP contribution in [0.2, 0.25) is 0 Å².